The number of carbonyl (C=O) groups is 1. The Morgan fingerprint density at radius 1 is 1.14 bits per heavy atom. The highest BCUT2D eigenvalue weighted by Gasteiger charge is 2.20. The third-order valence-electron chi connectivity index (χ3n) is 4.98. The summed E-state index contributed by atoms with van der Waals surface area (Å²) in [7, 11) is 1.67. The van der Waals surface area contributed by atoms with Gasteiger partial charge in [-0.1, -0.05) is 44.5 Å². The zero-order chi connectivity index (χ0) is 21.4. The van der Waals surface area contributed by atoms with Gasteiger partial charge in [-0.3, -0.25) is 9.79 Å². The lowest BCUT2D eigenvalue weighted by molar-refractivity contribution is 0.0911. The number of aryl methyl sites for hydroxylation is 1. The van der Waals surface area contributed by atoms with Gasteiger partial charge in [-0.25, -0.2) is 5.01 Å². The summed E-state index contributed by atoms with van der Waals surface area (Å²) in [5, 5.41) is 8.69. The fourth-order valence-electron chi connectivity index (χ4n) is 2.96. The van der Waals surface area contributed by atoms with Crippen molar-refractivity contribution in [3.63, 3.8) is 0 Å². The maximum atomic E-state index is 13.0. The van der Waals surface area contributed by atoms with E-state index in [0.29, 0.717) is 5.56 Å². The van der Waals surface area contributed by atoms with Gasteiger partial charge in [0.1, 0.15) is 6.34 Å². The van der Waals surface area contributed by atoms with E-state index >= 15 is 0 Å². The van der Waals surface area contributed by atoms with E-state index in [1.165, 1.54) is 5.56 Å². The number of rotatable bonds is 9. The molecule has 2 aromatic rings. The lowest BCUT2D eigenvalue weighted by Gasteiger charge is -2.25. The number of nitrogens with zero attached hydrogens (tertiary/aromatic N) is 3. The van der Waals surface area contributed by atoms with Crippen LogP contribution in [0, 0.1) is 0 Å². The van der Waals surface area contributed by atoms with E-state index in [1.54, 1.807) is 18.4 Å². The van der Waals surface area contributed by atoms with E-state index in [9.17, 15) is 4.79 Å². The summed E-state index contributed by atoms with van der Waals surface area (Å²) in [5.74, 6) is -0.111. The summed E-state index contributed by atoms with van der Waals surface area (Å²) < 4.78 is 0. The molecule has 154 valence electrons. The normalized spacial score (nSPS) is 11.5. The maximum absolute atomic E-state index is 13.0. The van der Waals surface area contributed by atoms with Gasteiger partial charge >= 0.3 is 0 Å². The molecule has 0 atom stereocenters. The predicted octanol–water partition coefficient (Wildman–Crippen LogP) is 5.30. The van der Waals surface area contributed by atoms with Crippen molar-refractivity contribution < 1.29 is 4.79 Å². The second kappa shape index (κ2) is 10.0. The first-order valence-electron chi connectivity index (χ1n) is 10.1. The number of hydrogen-bond acceptors (Lipinski definition) is 3. The molecule has 0 aromatic heterocycles. The Labute approximate surface area is 174 Å². The number of hydrazone groups is 1. The summed E-state index contributed by atoms with van der Waals surface area (Å²) in [5.41, 5.74) is 4.34. The average Bonchev–Trinajstić information content (AvgIpc) is 2.72. The molecule has 0 spiro atoms. The highest BCUT2D eigenvalue weighted by Crippen LogP contribution is 2.28. The number of nitrogens with one attached hydrogen (secondary N) is 1. The molecular formula is C24H32N4O. The molecule has 0 saturated heterocycles. The van der Waals surface area contributed by atoms with Gasteiger partial charge < -0.3 is 5.32 Å². The SMILES string of the molecule is C=NN(C=NC)c1cc(C(=O)NC(C)(C)CC)cc(-c2ccc(CCC)cc2)c1. The van der Waals surface area contributed by atoms with Crippen molar-refractivity contribution in [3.05, 3.63) is 53.6 Å². The molecule has 0 heterocycles. The van der Waals surface area contributed by atoms with Crippen molar-refractivity contribution in [1.82, 2.24) is 5.32 Å². The molecule has 1 amide bonds. The van der Waals surface area contributed by atoms with Crippen molar-refractivity contribution in [3.8, 4) is 11.1 Å². The molecule has 0 bridgehead atoms. The smallest absolute Gasteiger partial charge is 0.251 e. The monoisotopic (exact) mass is 392 g/mol. The zero-order valence-corrected chi connectivity index (χ0v) is 18.2. The Morgan fingerprint density at radius 2 is 1.83 bits per heavy atom. The van der Waals surface area contributed by atoms with E-state index in [2.05, 4.69) is 60.2 Å². The van der Waals surface area contributed by atoms with Crippen LogP contribution in [0.5, 0.6) is 0 Å². The van der Waals surface area contributed by atoms with E-state index in [0.717, 1.165) is 36.1 Å². The minimum atomic E-state index is -0.281. The number of benzene rings is 2. The molecule has 1 N–H and O–H groups in total. The molecule has 5 nitrogen and oxygen atoms in total. The average molecular weight is 393 g/mol. The third-order valence-corrected chi connectivity index (χ3v) is 4.98. The third kappa shape index (κ3) is 6.01. The Hall–Kier alpha value is -2.95. The van der Waals surface area contributed by atoms with Gasteiger partial charge in [0.25, 0.3) is 5.91 Å². The van der Waals surface area contributed by atoms with Gasteiger partial charge in [-0.05, 0) is 61.6 Å². The topological polar surface area (TPSA) is 57.1 Å². The Morgan fingerprint density at radius 3 is 2.38 bits per heavy atom. The van der Waals surface area contributed by atoms with Gasteiger partial charge in [0.2, 0.25) is 0 Å². The van der Waals surface area contributed by atoms with Crippen LogP contribution in [0.1, 0.15) is 56.5 Å². The molecule has 2 rings (SSSR count). The van der Waals surface area contributed by atoms with Crippen LogP contribution < -0.4 is 10.3 Å². The van der Waals surface area contributed by atoms with Crippen LogP contribution >= 0.6 is 0 Å². The quantitative estimate of drug-likeness (QED) is 0.357. The molecule has 0 saturated carbocycles. The van der Waals surface area contributed by atoms with Crippen molar-refractivity contribution in [2.24, 2.45) is 10.1 Å². The molecular weight excluding hydrogens is 360 g/mol. The van der Waals surface area contributed by atoms with Crippen LogP contribution in [0.2, 0.25) is 0 Å². The maximum Gasteiger partial charge on any atom is 0.251 e. The van der Waals surface area contributed by atoms with Gasteiger partial charge in [-0.2, -0.15) is 5.10 Å². The standard InChI is InChI=1S/C24H32N4O/c1-7-9-18-10-12-19(13-11-18)20-14-21(23(29)27-24(3,4)8-2)16-22(15-20)28(26-6)17-25-5/h10-17H,6-9H2,1-5H3,(H,27,29). The largest absolute Gasteiger partial charge is 0.347 e. The number of amides is 1. The van der Waals surface area contributed by atoms with Gasteiger partial charge in [0.05, 0.1) is 5.69 Å². The van der Waals surface area contributed by atoms with E-state index in [4.69, 9.17) is 0 Å². The molecule has 5 heteroatoms. The van der Waals surface area contributed by atoms with Crippen molar-refractivity contribution in [1.29, 1.82) is 0 Å². The number of anilines is 1. The van der Waals surface area contributed by atoms with Crippen molar-refractivity contribution >= 4 is 24.7 Å². The van der Waals surface area contributed by atoms with Crippen LogP contribution in [-0.2, 0) is 6.42 Å². The first kappa shape index (κ1) is 22.3. The highest BCUT2D eigenvalue weighted by molar-refractivity contribution is 5.98. The van der Waals surface area contributed by atoms with Crippen LogP contribution in [0.25, 0.3) is 11.1 Å². The van der Waals surface area contributed by atoms with Crippen LogP contribution in [0.4, 0.5) is 5.69 Å². The lowest BCUT2D eigenvalue weighted by Crippen LogP contribution is -2.42. The minimum Gasteiger partial charge on any atom is -0.347 e. The molecule has 0 aliphatic carbocycles. The van der Waals surface area contributed by atoms with Crippen LogP contribution in [0.3, 0.4) is 0 Å². The molecule has 0 aliphatic rings. The molecule has 0 fully saturated rings. The molecule has 2 aromatic carbocycles. The predicted molar refractivity (Wildman–Crippen MR) is 124 cm³/mol. The van der Waals surface area contributed by atoms with E-state index in [1.807, 2.05) is 32.0 Å². The van der Waals surface area contributed by atoms with E-state index in [-0.39, 0.29) is 11.4 Å². The van der Waals surface area contributed by atoms with Gasteiger partial charge in [0.15, 0.2) is 0 Å². The molecule has 0 aliphatic heterocycles. The van der Waals surface area contributed by atoms with E-state index < -0.39 is 0 Å². The highest BCUT2D eigenvalue weighted by atomic mass is 16.1. The molecule has 0 radical (unpaired) electrons. The summed E-state index contributed by atoms with van der Waals surface area (Å²) in [4.78, 5) is 17.0. The van der Waals surface area contributed by atoms with Crippen molar-refractivity contribution in [2.75, 3.05) is 12.1 Å². The van der Waals surface area contributed by atoms with Crippen LogP contribution in [-0.4, -0.2) is 31.5 Å². The summed E-state index contributed by atoms with van der Waals surface area (Å²) >= 11 is 0. The first-order valence-corrected chi connectivity index (χ1v) is 10.1. The minimum absolute atomic E-state index is 0.111. The second-order valence-electron chi connectivity index (χ2n) is 7.77. The fraction of sp³-hybridized carbons (Fsp3) is 0.375. The van der Waals surface area contributed by atoms with Gasteiger partial charge in [-0.15, -0.1) is 0 Å². The zero-order valence-electron chi connectivity index (χ0n) is 18.2. The summed E-state index contributed by atoms with van der Waals surface area (Å²) in [6.45, 7) is 11.9. The molecule has 29 heavy (non-hydrogen) atoms. The Kier molecular flexibility index (Phi) is 7.71. The number of hydrogen-bond donors (Lipinski definition) is 1. The number of carbonyl (C=O) groups excluding carboxylic acids is 1. The second-order valence-corrected chi connectivity index (χ2v) is 7.77. The van der Waals surface area contributed by atoms with Gasteiger partial charge in [0, 0.05) is 24.9 Å². The fourth-order valence-corrected chi connectivity index (χ4v) is 2.96. The van der Waals surface area contributed by atoms with Crippen LogP contribution in [0.15, 0.2) is 52.6 Å². The summed E-state index contributed by atoms with van der Waals surface area (Å²) in [6.07, 6.45) is 4.59. The lowest BCUT2D eigenvalue weighted by atomic mass is 9.98. The summed E-state index contributed by atoms with van der Waals surface area (Å²) in [6, 6.07) is 14.2. The Bertz CT molecular complexity index is 869. The van der Waals surface area contributed by atoms with Crippen molar-refractivity contribution in [2.45, 2.75) is 52.5 Å². The Balaban J connectivity index is 2.52. The molecule has 0 unspecified atom stereocenters. The first-order chi connectivity index (χ1) is 13.8. The number of aliphatic imine (C=N–C) groups is 1.